The Hall–Kier alpha value is -4.04. The van der Waals surface area contributed by atoms with Crippen LogP contribution in [0.3, 0.4) is 0 Å². The van der Waals surface area contributed by atoms with Gasteiger partial charge in [-0.1, -0.05) is 54.1 Å². The third-order valence-electron chi connectivity index (χ3n) is 6.37. The summed E-state index contributed by atoms with van der Waals surface area (Å²) in [5, 5.41) is 6.38. The number of benzene rings is 3. The molecule has 0 spiro atoms. The topological polar surface area (TPSA) is 57.3 Å². The van der Waals surface area contributed by atoms with Crippen LogP contribution in [0.1, 0.15) is 27.0 Å². The predicted octanol–water partition coefficient (Wildman–Crippen LogP) is 6.78. The van der Waals surface area contributed by atoms with Crippen molar-refractivity contribution in [1.82, 2.24) is 10.3 Å². The van der Waals surface area contributed by atoms with Crippen molar-refractivity contribution in [2.45, 2.75) is 19.3 Å². The largest absolute Gasteiger partial charge is 0.416 e. The molecule has 2 N–H and O–H groups in total. The van der Waals surface area contributed by atoms with Crippen molar-refractivity contribution in [1.29, 1.82) is 0 Å². The monoisotopic (exact) mass is 536 g/mol. The van der Waals surface area contributed by atoms with Gasteiger partial charge in [-0.25, -0.2) is 4.98 Å². The Kier molecular flexibility index (Phi) is 7.24. The van der Waals surface area contributed by atoms with Gasteiger partial charge >= 0.3 is 6.18 Å². The minimum absolute atomic E-state index is 0.0249. The Morgan fingerprint density at radius 2 is 1.82 bits per heavy atom. The first kappa shape index (κ1) is 25.6. The van der Waals surface area contributed by atoms with Gasteiger partial charge in [0.2, 0.25) is 0 Å². The molecule has 0 atom stereocenters. The number of carbonyl (C=O) groups is 1. The number of halogens is 4. The number of nitrogens with zero attached hydrogens (tertiary/aromatic N) is 2. The number of aromatic nitrogens is 1. The lowest BCUT2D eigenvalue weighted by Crippen LogP contribution is -2.34. The Morgan fingerprint density at radius 3 is 2.61 bits per heavy atom. The SMILES string of the molecule is O=C(NCc1ccccc1)c1cccc(-c2cnc3c(c2)N(Cc2cc(Cl)ccc2C(F)(F)F)CCN3)c1. The Morgan fingerprint density at radius 1 is 1.00 bits per heavy atom. The maximum atomic E-state index is 13.7. The van der Waals surface area contributed by atoms with E-state index in [1.54, 1.807) is 24.4 Å². The van der Waals surface area contributed by atoms with Gasteiger partial charge in [-0.15, -0.1) is 0 Å². The molecule has 1 aliphatic rings. The highest BCUT2D eigenvalue weighted by Gasteiger charge is 2.34. The van der Waals surface area contributed by atoms with Crippen LogP contribution in [0.4, 0.5) is 24.7 Å². The number of fused-ring (bicyclic) bond motifs is 1. The lowest BCUT2D eigenvalue weighted by molar-refractivity contribution is -0.138. The van der Waals surface area contributed by atoms with Crippen molar-refractivity contribution in [3.8, 4) is 11.1 Å². The van der Waals surface area contributed by atoms with Crippen LogP contribution in [0.15, 0.2) is 85.1 Å². The normalized spacial score (nSPS) is 13.0. The van der Waals surface area contributed by atoms with E-state index >= 15 is 0 Å². The summed E-state index contributed by atoms with van der Waals surface area (Å²) in [4.78, 5) is 19.2. The van der Waals surface area contributed by atoms with Crippen LogP contribution in [0.2, 0.25) is 5.02 Å². The minimum atomic E-state index is -4.49. The number of rotatable bonds is 6. The van der Waals surface area contributed by atoms with Gasteiger partial charge in [-0.2, -0.15) is 13.2 Å². The smallest absolute Gasteiger partial charge is 0.367 e. The summed E-state index contributed by atoms with van der Waals surface area (Å²) in [6.45, 7) is 1.47. The van der Waals surface area contributed by atoms with Gasteiger partial charge in [0.05, 0.1) is 11.3 Å². The van der Waals surface area contributed by atoms with E-state index in [-0.39, 0.29) is 23.0 Å². The summed E-state index contributed by atoms with van der Waals surface area (Å²) in [6, 6.07) is 22.3. The van der Waals surface area contributed by atoms with Crippen LogP contribution in [-0.2, 0) is 19.3 Å². The van der Waals surface area contributed by atoms with E-state index in [0.29, 0.717) is 36.7 Å². The van der Waals surface area contributed by atoms with E-state index in [2.05, 4.69) is 15.6 Å². The number of anilines is 2. The first-order valence-electron chi connectivity index (χ1n) is 12.0. The molecule has 194 valence electrons. The predicted molar refractivity (Wildman–Crippen MR) is 143 cm³/mol. The van der Waals surface area contributed by atoms with Crippen molar-refractivity contribution in [2.75, 3.05) is 23.3 Å². The van der Waals surface area contributed by atoms with Crippen LogP contribution in [0.5, 0.6) is 0 Å². The molecule has 3 aromatic carbocycles. The van der Waals surface area contributed by atoms with Crippen molar-refractivity contribution < 1.29 is 18.0 Å². The molecule has 0 bridgehead atoms. The van der Waals surface area contributed by atoms with Crippen molar-refractivity contribution in [3.05, 3.63) is 112 Å². The molecule has 4 aromatic rings. The van der Waals surface area contributed by atoms with Crippen LogP contribution in [0, 0.1) is 0 Å². The molecule has 0 saturated carbocycles. The number of alkyl halides is 3. The van der Waals surface area contributed by atoms with Gasteiger partial charge < -0.3 is 15.5 Å². The third kappa shape index (κ3) is 5.75. The highest BCUT2D eigenvalue weighted by atomic mass is 35.5. The molecule has 5 rings (SSSR count). The molecule has 1 amide bonds. The van der Waals surface area contributed by atoms with Crippen molar-refractivity contribution >= 4 is 29.0 Å². The number of amides is 1. The third-order valence-corrected chi connectivity index (χ3v) is 6.61. The highest BCUT2D eigenvalue weighted by molar-refractivity contribution is 6.30. The van der Waals surface area contributed by atoms with E-state index in [0.717, 1.165) is 22.8 Å². The molecule has 0 saturated heterocycles. The molecule has 2 heterocycles. The zero-order valence-electron chi connectivity index (χ0n) is 20.2. The molecule has 1 aromatic heterocycles. The maximum absolute atomic E-state index is 13.7. The Labute approximate surface area is 223 Å². The maximum Gasteiger partial charge on any atom is 0.416 e. The minimum Gasteiger partial charge on any atom is -0.367 e. The standard InChI is InChI=1S/C29H24ClF3N4O/c30-24-9-10-25(29(31,32)33)23(14-24)18-37-12-11-34-27-26(37)15-22(17-35-27)20-7-4-8-21(13-20)28(38)36-16-19-5-2-1-3-6-19/h1-10,13-15,17H,11-12,16,18H2,(H,34,35)(H,36,38). The van der Waals surface area contributed by atoms with Crippen LogP contribution in [0.25, 0.3) is 11.1 Å². The molecule has 38 heavy (non-hydrogen) atoms. The quantitative estimate of drug-likeness (QED) is 0.285. The first-order valence-corrected chi connectivity index (χ1v) is 12.4. The second kappa shape index (κ2) is 10.8. The van der Waals surface area contributed by atoms with Gasteiger partial charge in [0.15, 0.2) is 0 Å². The fourth-order valence-corrected chi connectivity index (χ4v) is 4.67. The number of hydrogen-bond donors (Lipinski definition) is 2. The lowest BCUT2D eigenvalue weighted by atomic mass is 10.0. The molecule has 0 unspecified atom stereocenters. The van der Waals surface area contributed by atoms with Crippen LogP contribution < -0.4 is 15.5 Å². The molecule has 1 aliphatic heterocycles. The van der Waals surface area contributed by atoms with Crippen molar-refractivity contribution in [3.63, 3.8) is 0 Å². The molecule has 0 fully saturated rings. The van der Waals surface area contributed by atoms with Gasteiger partial charge in [-0.05, 0) is 53.1 Å². The summed E-state index contributed by atoms with van der Waals surface area (Å²) < 4.78 is 41.0. The Balaban J connectivity index is 1.40. The average Bonchev–Trinajstić information content (AvgIpc) is 2.92. The summed E-state index contributed by atoms with van der Waals surface area (Å²) in [7, 11) is 0. The first-order chi connectivity index (χ1) is 18.3. The molecular formula is C29H24ClF3N4O. The van der Waals surface area contributed by atoms with Gasteiger partial charge in [0.1, 0.15) is 5.82 Å². The number of pyridine rings is 1. The number of carbonyl (C=O) groups excluding carboxylic acids is 1. The van der Waals surface area contributed by atoms with E-state index in [4.69, 9.17) is 11.6 Å². The van der Waals surface area contributed by atoms with E-state index < -0.39 is 11.7 Å². The fourth-order valence-electron chi connectivity index (χ4n) is 4.48. The van der Waals surface area contributed by atoms with Gasteiger partial charge in [-0.3, -0.25) is 4.79 Å². The second-order valence-electron chi connectivity index (χ2n) is 8.99. The molecule has 0 radical (unpaired) electrons. The van der Waals surface area contributed by atoms with Crippen molar-refractivity contribution in [2.24, 2.45) is 0 Å². The molecule has 9 heteroatoms. The average molecular weight is 537 g/mol. The summed E-state index contributed by atoms with van der Waals surface area (Å²) in [6.07, 6.45) is -2.80. The molecule has 0 aliphatic carbocycles. The summed E-state index contributed by atoms with van der Waals surface area (Å²) >= 11 is 6.04. The van der Waals surface area contributed by atoms with Gasteiger partial charge in [0.25, 0.3) is 5.91 Å². The van der Waals surface area contributed by atoms with Crippen LogP contribution >= 0.6 is 11.6 Å². The number of hydrogen-bond acceptors (Lipinski definition) is 4. The Bertz CT molecular complexity index is 1460. The zero-order chi connectivity index (χ0) is 26.7. The molecule has 5 nitrogen and oxygen atoms in total. The van der Waals surface area contributed by atoms with E-state index in [1.165, 1.54) is 12.1 Å². The van der Waals surface area contributed by atoms with E-state index in [9.17, 15) is 18.0 Å². The highest BCUT2D eigenvalue weighted by Crippen LogP contribution is 2.37. The second-order valence-corrected chi connectivity index (χ2v) is 9.42. The van der Waals surface area contributed by atoms with Crippen LogP contribution in [-0.4, -0.2) is 24.0 Å². The van der Waals surface area contributed by atoms with E-state index in [1.807, 2.05) is 47.4 Å². The lowest BCUT2D eigenvalue weighted by Gasteiger charge is -2.32. The van der Waals surface area contributed by atoms with Gasteiger partial charge in [0, 0.05) is 48.5 Å². The summed E-state index contributed by atoms with van der Waals surface area (Å²) in [5.41, 5.74) is 3.09. The zero-order valence-corrected chi connectivity index (χ0v) is 21.0. The number of nitrogens with one attached hydrogen (secondary N) is 2. The molecular weight excluding hydrogens is 513 g/mol. The fraction of sp³-hybridized carbons (Fsp3) is 0.172. The summed E-state index contributed by atoms with van der Waals surface area (Å²) in [5.74, 6) is 0.387.